The molecule has 1 aromatic heterocycles. The van der Waals surface area contributed by atoms with Crippen molar-refractivity contribution in [2.75, 3.05) is 11.1 Å². The molecule has 0 fully saturated rings. The third kappa shape index (κ3) is 5.68. The van der Waals surface area contributed by atoms with Crippen molar-refractivity contribution in [2.45, 2.75) is 18.7 Å². The summed E-state index contributed by atoms with van der Waals surface area (Å²) in [6, 6.07) is 22.3. The monoisotopic (exact) mass is 476 g/mol. The van der Waals surface area contributed by atoms with Crippen LogP contribution in [0.3, 0.4) is 0 Å². The summed E-state index contributed by atoms with van der Waals surface area (Å²) in [6.45, 7) is 1.47. The van der Waals surface area contributed by atoms with Gasteiger partial charge < -0.3 is 10.1 Å². The maximum atomic E-state index is 13.9. The lowest BCUT2D eigenvalue weighted by molar-refractivity contribution is -0.113. The van der Waals surface area contributed by atoms with E-state index in [0.29, 0.717) is 22.2 Å². The minimum Gasteiger partial charge on any atom is -0.483 e. The van der Waals surface area contributed by atoms with Gasteiger partial charge in [0.25, 0.3) is 0 Å². The topological polar surface area (TPSA) is 86.1 Å². The molecule has 1 heterocycles. The largest absolute Gasteiger partial charge is 0.483 e. The molecule has 9 heteroatoms. The molecule has 0 radical (unpaired) electrons. The first kappa shape index (κ1) is 23.2. The molecule has 7 nitrogen and oxygen atoms in total. The molecule has 3 aromatic carbocycles. The fraction of sp³-hybridized carbons (Fsp3) is 0.120. The second kappa shape index (κ2) is 10.8. The molecule has 1 amide bonds. The number of benzene rings is 3. The van der Waals surface area contributed by atoms with Gasteiger partial charge in [-0.2, -0.15) is 0 Å². The number of para-hydroxylation sites is 2. The lowest BCUT2D eigenvalue weighted by atomic mass is 10.1. The Hall–Kier alpha value is -3.98. The van der Waals surface area contributed by atoms with Gasteiger partial charge in [0.1, 0.15) is 6.61 Å². The van der Waals surface area contributed by atoms with Crippen LogP contribution in [0.5, 0.6) is 5.75 Å². The van der Waals surface area contributed by atoms with Gasteiger partial charge in [-0.15, -0.1) is 10.2 Å². The van der Waals surface area contributed by atoms with Crippen LogP contribution >= 0.6 is 11.8 Å². The summed E-state index contributed by atoms with van der Waals surface area (Å²) in [5, 5.41) is 11.7. The SMILES string of the molecule is CC(=O)c1cccc(NC(=O)CSc2nnc(COc3ccccc3F)n2-c2ccccc2)c1. The number of ether oxygens (including phenoxy) is 1. The van der Waals surface area contributed by atoms with Crippen molar-refractivity contribution >= 4 is 29.1 Å². The van der Waals surface area contributed by atoms with Crippen LogP contribution in [-0.2, 0) is 11.4 Å². The first-order chi connectivity index (χ1) is 16.5. The third-order valence-corrected chi connectivity index (χ3v) is 5.72. The summed E-state index contributed by atoms with van der Waals surface area (Å²) in [5.74, 6) is -0.140. The van der Waals surface area contributed by atoms with E-state index in [1.165, 1.54) is 24.8 Å². The Bertz CT molecular complexity index is 1310. The van der Waals surface area contributed by atoms with E-state index in [2.05, 4.69) is 15.5 Å². The van der Waals surface area contributed by atoms with E-state index in [1.54, 1.807) is 47.0 Å². The standard InChI is InChI=1S/C25H21FN4O3S/c1-17(31)18-8-7-9-19(14-18)27-24(32)16-34-25-29-28-23(30(25)20-10-3-2-4-11-20)15-33-22-13-6-5-12-21(22)26/h2-14H,15-16H2,1H3,(H,27,32). The number of carbonyl (C=O) groups excluding carboxylic acids is 2. The van der Waals surface area contributed by atoms with Crippen molar-refractivity contribution in [3.05, 3.63) is 96.1 Å². The van der Waals surface area contributed by atoms with E-state index in [9.17, 15) is 14.0 Å². The number of anilines is 1. The maximum absolute atomic E-state index is 13.9. The van der Waals surface area contributed by atoms with Gasteiger partial charge in [0.15, 0.2) is 28.3 Å². The molecule has 0 aliphatic heterocycles. The summed E-state index contributed by atoms with van der Waals surface area (Å²) in [4.78, 5) is 24.1. The highest BCUT2D eigenvalue weighted by atomic mass is 32.2. The smallest absolute Gasteiger partial charge is 0.234 e. The normalized spacial score (nSPS) is 10.6. The Balaban J connectivity index is 1.49. The fourth-order valence-electron chi connectivity index (χ4n) is 3.17. The molecule has 0 saturated heterocycles. The molecule has 0 spiro atoms. The van der Waals surface area contributed by atoms with E-state index in [-0.39, 0.29) is 29.8 Å². The number of aromatic nitrogens is 3. The Kier molecular flexibility index (Phi) is 7.34. The number of rotatable bonds is 9. The van der Waals surface area contributed by atoms with Crippen molar-refractivity contribution in [3.8, 4) is 11.4 Å². The van der Waals surface area contributed by atoms with Crippen LogP contribution < -0.4 is 10.1 Å². The first-order valence-electron chi connectivity index (χ1n) is 10.4. The Morgan fingerprint density at radius 1 is 1.00 bits per heavy atom. The molecule has 4 aromatic rings. The van der Waals surface area contributed by atoms with Gasteiger partial charge in [0.2, 0.25) is 5.91 Å². The molecule has 4 rings (SSSR count). The zero-order chi connectivity index (χ0) is 23.9. The Morgan fingerprint density at radius 3 is 2.53 bits per heavy atom. The second-order valence-electron chi connectivity index (χ2n) is 7.26. The summed E-state index contributed by atoms with van der Waals surface area (Å²) in [6.07, 6.45) is 0. The average molecular weight is 477 g/mol. The van der Waals surface area contributed by atoms with E-state index in [4.69, 9.17) is 4.74 Å². The van der Waals surface area contributed by atoms with Crippen molar-refractivity contribution in [3.63, 3.8) is 0 Å². The van der Waals surface area contributed by atoms with Crippen LogP contribution in [0, 0.1) is 5.82 Å². The average Bonchev–Trinajstić information content (AvgIpc) is 3.25. The number of amides is 1. The van der Waals surface area contributed by atoms with Crippen LogP contribution in [-0.4, -0.2) is 32.2 Å². The molecular weight excluding hydrogens is 455 g/mol. The van der Waals surface area contributed by atoms with E-state index < -0.39 is 5.82 Å². The molecule has 0 saturated carbocycles. The number of halogens is 1. The Morgan fingerprint density at radius 2 is 1.76 bits per heavy atom. The number of hydrogen-bond acceptors (Lipinski definition) is 6. The van der Waals surface area contributed by atoms with Crippen LogP contribution in [0.25, 0.3) is 5.69 Å². The molecular formula is C25H21FN4O3S. The summed E-state index contributed by atoms with van der Waals surface area (Å²) >= 11 is 1.21. The van der Waals surface area contributed by atoms with E-state index >= 15 is 0 Å². The Labute approximate surface area is 200 Å². The highest BCUT2D eigenvalue weighted by Crippen LogP contribution is 2.24. The number of thioether (sulfide) groups is 1. The number of ketones is 1. The van der Waals surface area contributed by atoms with Crippen LogP contribution in [0.2, 0.25) is 0 Å². The summed E-state index contributed by atoms with van der Waals surface area (Å²) in [7, 11) is 0. The molecule has 172 valence electrons. The van der Waals surface area contributed by atoms with Crippen LogP contribution in [0.4, 0.5) is 10.1 Å². The number of carbonyl (C=O) groups is 2. The minimum absolute atomic E-state index is 0.00653. The lowest BCUT2D eigenvalue weighted by Gasteiger charge is -2.11. The fourth-order valence-corrected chi connectivity index (χ4v) is 3.94. The number of Topliss-reactive ketones (excluding diaryl/α,β-unsaturated/α-hetero) is 1. The van der Waals surface area contributed by atoms with Crippen molar-refractivity contribution in [2.24, 2.45) is 0 Å². The van der Waals surface area contributed by atoms with Crippen molar-refractivity contribution in [1.29, 1.82) is 0 Å². The molecule has 0 bridgehead atoms. The number of nitrogens with one attached hydrogen (secondary N) is 1. The van der Waals surface area contributed by atoms with Gasteiger partial charge in [-0.1, -0.05) is 54.2 Å². The van der Waals surface area contributed by atoms with Gasteiger partial charge in [0, 0.05) is 16.9 Å². The molecule has 34 heavy (non-hydrogen) atoms. The number of hydrogen-bond donors (Lipinski definition) is 1. The predicted molar refractivity (Wildman–Crippen MR) is 128 cm³/mol. The van der Waals surface area contributed by atoms with Gasteiger partial charge >= 0.3 is 0 Å². The van der Waals surface area contributed by atoms with E-state index in [0.717, 1.165) is 5.69 Å². The second-order valence-corrected chi connectivity index (χ2v) is 8.21. The summed E-state index contributed by atoms with van der Waals surface area (Å²) < 4.78 is 21.3. The van der Waals surface area contributed by atoms with Gasteiger partial charge in [-0.3, -0.25) is 14.2 Å². The highest BCUT2D eigenvalue weighted by molar-refractivity contribution is 7.99. The molecule has 0 aliphatic carbocycles. The minimum atomic E-state index is -0.464. The molecule has 1 N–H and O–H groups in total. The van der Waals surface area contributed by atoms with Crippen molar-refractivity contribution < 1.29 is 18.7 Å². The lowest BCUT2D eigenvalue weighted by Crippen LogP contribution is -2.15. The first-order valence-corrected chi connectivity index (χ1v) is 11.4. The number of nitrogens with zero attached hydrogens (tertiary/aromatic N) is 3. The van der Waals surface area contributed by atoms with Gasteiger partial charge in [-0.05, 0) is 43.3 Å². The van der Waals surface area contributed by atoms with E-state index in [1.807, 2.05) is 30.3 Å². The van der Waals surface area contributed by atoms with Gasteiger partial charge in [-0.25, -0.2) is 4.39 Å². The van der Waals surface area contributed by atoms with Crippen LogP contribution in [0.15, 0.2) is 84.0 Å². The van der Waals surface area contributed by atoms with Crippen LogP contribution in [0.1, 0.15) is 23.1 Å². The quantitative estimate of drug-likeness (QED) is 0.273. The predicted octanol–water partition coefficient (Wildman–Crippen LogP) is 4.92. The van der Waals surface area contributed by atoms with Gasteiger partial charge in [0.05, 0.1) is 5.75 Å². The highest BCUT2D eigenvalue weighted by Gasteiger charge is 2.17. The maximum Gasteiger partial charge on any atom is 0.234 e. The zero-order valence-electron chi connectivity index (χ0n) is 18.3. The third-order valence-electron chi connectivity index (χ3n) is 4.79. The molecule has 0 aliphatic rings. The van der Waals surface area contributed by atoms with Crippen molar-refractivity contribution in [1.82, 2.24) is 14.8 Å². The molecule has 0 atom stereocenters. The summed E-state index contributed by atoms with van der Waals surface area (Å²) in [5.41, 5.74) is 1.85. The zero-order valence-corrected chi connectivity index (χ0v) is 19.1. The molecule has 0 unspecified atom stereocenters.